The molecule has 12 heteroatoms. The fourth-order valence-corrected chi connectivity index (χ4v) is 5.38. The zero-order valence-electron chi connectivity index (χ0n) is 27.9. The Labute approximate surface area is 277 Å². The second kappa shape index (κ2) is 12.7. The van der Waals surface area contributed by atoms with Gasteiger partial charge in [-0.15, -0.1) is 10.2 Å². The minimum absolute atomic E-state index is 0.0313. The highest BCUT2D eigenvalue weighted by molar-refractivity contribution is 6.01. The van der Waals surface area contributed by atoms with Gasteiger partial charge in [0, 0.05) is 12.0 Å². The van der Waals surface area contributed by atoms with Crippen LogP contribution in [0.3, 0.4) is 0 Å². The Hall–Kier alpha value is -5.31. The lowest BCUT2D eigenvalue weighted by molar-refractivity contribution is -0.121. The molecule has 3 aromatic carbocycles. The SMILES string of the molecule is COc1ccc(-c2ccc(CN3C(=O)[C@@H](NC(=O)OC(C)(C)C)CC(C)(F)c4cc(F)c(-c5nnc(C(C)(C)C#N)o5)cc43)cc2)cc1. The van der Waals surface area contributed by atoms with E-state index in [1.807, 2.05) is 48.5 Å². The van der Waals surface area contributed by atoms with Crippen LogP contribution >= 0.6 is 0 Å². The number of amides is 2. The lowest BCUT2D eigenvalue weighted by Crippen LogP contribution is -2.50. The summed E-state index contributed by atoms with van der Waals surface area (Å²) in [4.78, 5) is 28.4. The van der Waals surface area contributed by atoms with Crippen molar-refractivity contribution in [3.05, 3.63) is 83.5 Å². The van der Waals surface area contributed by atoms with Crippen LogP contribution in [0.15, 0.2) is 65.1 Å². The summed E-state index contributed by atoms with van der Waals surface area (Å²) in [6, 6.07) is 18.0. The molecule has 10 nitrogen and oxygen atoms in total. The number of alkyl halides is 1. The molecule has 0 bridgehead atoms. The molecule has 2 heterocycles. The number of ether oxygens (including phenoxy) is 2. The van der Waals surface area contributed by atoms with Crippen molar-refractivity contribution in [2.24, 2.45) is 0 Å². The monoisotopic (exact) mass is 657 g/mol. The molecule has 1 N–H and O–H groups in total. The van der Waals surface area contributed by atoms with Gasteiger partial charge in [-0.25, -0.2) is 13.6 Å². The third-order valence-electron chi connectivity index (χ3n) is 7.97. The number of anilines is 1. The van der Waals surface area contributed by atoms with Crippen LogP contribution in [0.2, 0.25) is 0 Å². The zero-order chi connectivity index (χ0) is 35.0. The van der Waals surface area contributed by atoms with Gasteiger partial charge < -0.3 is 24.1 Å². The van der Waals surface area contributed by atoms with Crippen LogP contribution in [-0.4, -0.2) is 41.0 Å². The van der Waals surface area contributed by atoms with Crippen LogP contribution in [0.1, 0.15) is 65.0 Å². The van der Waals surface area contributed by atoms with E-state index in [1.54, 1.807) is 41.7 Å². The number of nitrogens with one attached hydrogen (secondary N) is 1. The summed E-state index contributed by atoms with van der Waals surface area (Å²) in [5.41, 5.74) is -1.94. The van der Waals surface area contributed by atoms with E-state index in [4.69, 9.17) is 13.9 Å². The van der Waals surface area contributed by atoms with Gasteiger partial charge in [-0.3, -0.25) is 4.79 Å². The highest BCUT2D eigenvalue weighted by Gasteiger charge is 2.44. The molecular weight excluding hydrogens is 620 g/mol. The molecule has 0 fully saturated rings. The second-order valence-corrected chi connectivity index (χ2v) is 13.4. The summed E-state index contributed by atoms with van der Waals surface area (Å²) >= 11 is 0. The smallest absolute Gasteiger partial charge is 0.408 e. The number of aromatic nitrogens is 2. The highest BCUT2D eigenvalue weighted by atomic mass is 19.1. The number of carbonyl (C=O) groups excluding carboxylic acids is 2. The maximum absolute atomic E-state index is 16.6. The third kappa shape index (κ3) is 7.15. The van der Waals surface area contributed by atoms with E-state index in [1.165, 1.54) is 17.9 Å². The van der Waals surface area contributed by atoms with E-state index in [0.29, 0.717) is 5.56 Å². The van der Waals surface area contributed by atoms with Crippen molar-refractivity contribution in [3.8, 4) is 34.4 Å². The first-order valence-corrected chi connectivity index (χ1v) is 15.3. The van der Waals surface area contributed by atoms with E-state index >= 15 is 8.78 Å². The molecule has 4 aromatic rings. The molecule has 1 aliphatic rings. The number of rotatable bonds is 7. The van der Waals surface area contributed by atoms with Crippen molar-refractivity contribution < 1.29 is 32.3 Å². The van der Waals surface area contributed by atoms with Gasteiger partial charge in [0.25, 0.3) is 5.89 Å². The first-order valence-electron chi connectivity index (χ1n) is 15.3. The van der Waals surface area contributed by atoms with E-state index in [-0.39, 0.29) is 35.1 Å². The molecule has 1 aromatic heterocycles. The van der Waals surface area contributed by atoms with Crippen molar-refractivity contribution in [1.82, 2.24) is 15.5 Å². The second-order valence-electron chi connectivity index (χ2n) is 13.4. The van der Waals surface area contributed by atoms with Crippen LogP contribution in [-0.2, 0) is 27.2 Å². The average Bonchev–Trinajstić information content (AvgIpc) is 3.51. The number of halogens is 2. The normalized spacial score (nSPS) is 18.0. The maximum Gasteiger partial charge on any atom is 0.408 e. The molecular formula is C36H37F2N5O5. The number of hydrogen-bond acceptors (Lipinski definition) is 8. The summed E-state index contributed by atoms with van der Waals surface area (Å²) in [7, 11) is 1.59. The lowest BCUT2D eigenvalue weighted by atomic mass is 9.90. The Bertz CT molecular complexity index is 1870. The van der Waals surface area contributed by atoms with Gasteiger partial charge in [0.05, 0.1) is 31.0 Å². The number of nitriles is 1. The summed E-state index contributed by atoms with van der Waals surface area (Å²) in [6.45, 7) is 9.35. The third-order valence-corrected chi connectivity index (χ3v) is 7.97. The number of carbonyl (C=O) groups is 2. The van der Waals surface area contributed by atoms with Gasteiger partial charge in [-0.1, -0.05) is 36.4 Å². The number of nitrogens with zero attached hydrogens (tertiary/aromatic N) is 4. The van der Waals surface area contributed by atoms with E-state index < -0.39 is 47.0 Å². The minimum atomic E-state index is -2.26. The Morgan fingerprint density at radius 2 is 1.71 bits per heavy atom. The average molecular weight is 658 g/mol. The van der Waals surface area contributed by atoms with E-state index in [9.17, 15) is 14.9 Å². The van der Waals surface area contributed by atoms with Gasteiger partial charge in [-0.05, 0) is 82.5 Å². The Morgan fingerprint density at radius 3 is 2.29 bits per heavy atom. The lowest BCUT2D eigenvalue weighted by Gasteiger charge is -2.27. The zero-order valence-corrected chi connectivity index (χ0v) is 27.9. The summed E-state index contributed by atoms with van der Waals surface area (Å²) in [5.74, 6) is -1.03. The summed E-state index contributed by atoms with van der Waals surface area (Å²) in [5, 5.41) is 19.9. The molecule has 2 atom stereocenters. The molecule has 0 saturated heterocycles. The molecule has 0 saturated carbocycles. The van der Waals surface area contributed by atoms with Crippen molar-refractivity contribution in [2.45, 2.75) is 77.2 Å². The number of alkyl carbamates (subject to hydrolysis) is 1. The fraction of sp³-hybridized carbons (Fsp3) is 0.361. The van der Waals surface area contributed by atoms with Gasteiger partial charge >= 0.3 is 6.09 Å². The molecule has 5 rings (SSSR count). The Morgan fingerprint density at radius 1 is 1.08 bits per heavy atom. The van der Waals surface area contributed by atoms with Gasteiger partial charge in [-0.2, -0.15) is 5.26 Å². The predicted molar refractivity (Wildman–Crippen MR) is 174 cm³/mol. The van der Waals surface area contributed by atoms with E-state index in [0.717, 1.165) is 22.9 Å². The van der Waals surface area contributed by atoms with Crippen molar-refractivity contribution in [3.63, 3.8) is 0 Å². The number of fused-ring (bicyclic) bond motifs is 1. The van der Waals surface area contributed by atoms with Crippen LogP contribution in [0.4, 0.5) is 19.3 Å². The van der Waals surface area contributed by atoms with Gasteiger partial charge in [0.2, 0.25) is 11.8 Å². The van der Waals surface area contributed by atoms with Crippen molar-refractivity contribution in [1.29, 1.82) is 5.26 Å². The Kier molecular flexibility index (Phi) is 9.01. The van der Waals surface area contributed by atoms with Gasteiger partial charge in [0.1, 0.15) is 34.3 Å². The first kappa shape index (κ1) is 34.0. The largest absolute Gasteiger partial charge is 0.497 e. The minimum Gasteiger partial charge on any atom is -0.497 e. The molecule has 2 amide bonds. The topological polar surface area (TPSA) is 131 Å². The molecule has 1 aliphatic heterocycles. The first-order chi connectivity index (χ1) is 22.5. The fourth-order valence-electron chi connectivity index (χ4n) is 5.38. The van der Waals surface area contributed by atoms with Crippen LogP contribution in [0.5, 0.6) is 5.75 Å². The van der Waals surface area contributed by atoms with Crippen LogP contribution < -0.4 is 15.0 Å². The molecule has 0 aliphatic carbocycles. The number of benzene rings is 3. The molecule has 0 radical (unpaired) electrons. The van der Waals surface area contributed by atoms with Crippen LogP contribution in [0.25, 0.3) is 22.6 Å². The number of methoxy groups -OCH3 is 1. The van der Waals surface area contributed by atoms with E-state index in [2.05, 4.69) is 21.6 Å². The predicted octanol–water partition coefficient (Wildman–Crippen LogP) is 7.37. The standard InChI is InChI=1S/C36H37F2N5O5/c1-34(2,3)48-33(45)40-28-18-36(6,38)26-17-27(37)25(30-41-42-32(47-30)35(4,5)20-39)16-29(26)43(31(28)44)19-21-8-10-22(11-9-21)23-12-14-24(46-7)15-13-23/h8-17,28H,18-19H2,1-7H3,(H,40,45)/t28-,36?/m0/s1. The maximum atomic E-state index is 16.6. The van der Waals surface area contributed by atoms with Crippen LogP contribution in [0, 0.1) is 17.1 Å². The summed E-state index contributed by atoms with van der Waals surface area (Å²) in [6.07, 6.45) is -1.37. The quantitative estimate of drug-likeness (QED) is 0.218. The highest BCUT2D eigenvalue weighted by Crippen LogP contribution is 2.44. The molecule has 1 unspecified atom stereocenters. The molecule has 48 heavy (non-hydrogen) atoms. The number of hydrogen-bond donors (Lipinski definition) is 1. The summed E-state index contributed by atoms with van der Waals surface area (Å²) < 4.78 is 48.7. The molecule has 250 valence electrons. The van der Waals surface area contributed by atoms with Crippen molar-refractivity contribution in [2.75, 3.05) is 12.0 Å². The molecule has 0 spiro atoms. The van der Waals surface area contributed by atoms with Crippen molar-refractivity contribution >= 4 is 17.7 Å². The Balaban J connectivity index is 1.58. The van der Waals surface area contributed by atoms with Gasteiger partial charge in [0.15, 0.2) is 0 Å².